The molecule has 0 unspecified atom stereocenters. The number of ether oxygens (including phenoxy) is 1. The van der Waals surface area contributed by atoms with Crippen molar-refractivity contribution in [1.29, 1.82) is 0 Å². The van der Waals surface area contributed by atoms with Gasteiger partial charge in [0, 0.05) is 29.6 Å². The van der Waals surface area contributed by atoms with Crippen LogP contribution in [0.5, 0.6) is 5.75 Å². The highest BCUT2D eigenvalue weighted by Gasteiger charge is 2.24. The van der Waals surface area contributed by atoms with E-state index in [0.717, 1.165) is 31.4 Å². The lowest BCUT2D eigenvalue weighted by molar-refractivity contribution is -0.139. The van der Waals surface area contributed by atoms with Crippen molar-refractivity contribution in [2.75, 3.05) is 13.2 Å². The van der Waals surface area contributed by atoms with Crippen molar-refractivity contribution in [2.45, 2.75) is 44.7 Å². The van der Waals surface area contributed by atoms with Gasteiger partial charge in [0.1, 0.15) is 5.75 Å². The largest absolute Gasteiger partial charge is 0.482 e. The van der Waals surface area contributed by atoms with Crippen molar-refractivity contribution in [3.8, 4) is 5.75 Å². The van der Waals surface area contributed by atoms with Crippen molar-refractivity contribution in [3.05, 3.63) is 28.8 Å². The Labute approximate surface area is 146 Å². The van der Waals surface area contributed by atoms with Gasteiger partial charge >= 0.3 is 11.9 Å². The standard InChI is InChI=1S/C17H22ClNO5/c18-13-4-6-15(24-11-17(22)23)12(9-13)10-19-8-2-1-3-14(19)5-7-16(20)21/h4,6,9,14H,1-3,5,7-8,10-11H2,(H,20,21)(H,22,23)/t14-/m0/s1. The number of aliphatic carboxylic acids is 2. The fourth-order valence-electron chi connectivity index (χ4n) is 3.06. The number of piperidine rings is 1. The summed E-state index contributed by atoms with van der Waals surface area (Å²) < 4.78 is 5.35. The minimum absolute atomic E-state index is 0.152. The van der Waals surface area contributed by atoms with E-state index in [9.17, 15) is 9.59 Å². The van der Waals surface area contributed by atoms with Gasteiger partial charge in [0.2, 0.25) is 0 Å². The van der Waals surface area contributed by atoms with Gasteiger partial charge in [-0.1, -0.05) is 18.0 Å². The molecule has 1 saturated heterocycles. The van der Waals surface area contributed by atoms with Crippen LogP contribution in [0.15, 0.2) is 18.2 Å². The lowest BCUT2D eigenvalue weighted by Gasteiger charge is -2.36. The zero-order chi connectivity index (χ0) is 17.5. The third-order valence-corrected chi connectivity index (χ3v) is 4.42. The smallest absolute Gasteiger partial charge is 0.341 e. The maximum Gasteiger partial charge on any atom is 0.341 e. The van der Waals surface area contributed by atoms with Crippen LogP contribution in [0.2, 0.25) is 5.02 Å². The Kier molecular flexibility index (Phi) is 6.87. The molecule has 132 valence electrons. The molecule has 2 rings (SSSR count). The van der Waals surface area contributed by atoms with Crippen molar-refractivity contribution in [3.63, 3.8) is 0 Å². The van der Waals surface area contributed by atoms with Gasteiger partial charge in [0.05, 0.1) is 0 Å². The van der Waals surface area contributed by atoms with Crippen molar-refractivity contribution in [1.82, 2.24) is 4.90 Å². The lowest BCUT2D eigenvalue weighted by atomic mass is 9.97. The molecule has 0 spiro atoms. The SMILES string of the molecule is O=C(O)CC[C@@H]1CCCCN1Cc1cc(Cl)ccc1OCC(=O)O. The summed E-state index contributed by atoms with van der Waals surface area (Å²) in [4.78, 5) is 23.8. The van der Waals surface area contributed by atoms with Crippen LogP contribution in [0, 0.1) is 0 Å². The summed E-state index contributed by atoms with van der Waals surface area (Å²) in [5.41, 5.74) is 0.825. The van der Waals surface area contributed by atoms with Crippen LogP contribution in [0.25, 0.3) is 0 Å². The highest BCUT2D eigenvalue weighted by atomic mass is 35.5. The molecular weight excluding hydrogens is 334 g/mol. The van der Waals surface area contributed by atoms with E-state index < -0.39 is 18.5 Å². The Hall–Kier alpha value is -1.79. The zero-order valence-corrected chi connectivity index (χ0v) is 14.2. The molecule has 1 aliphatic heterocycles. The Balaban J connectivity index is 2.10. The fourth-order valence-corrected chi connectivity index (χ4v) is 3.25. The lowest BCUT2D eigenvalue weighted by Crippen LogP contribution is -2.39. The predicted molar refractivity (Wildman–Crippen MR) is 89.5 cm³/mol. The van der Waals surface area contributed by atoms with Gasteiger partial charge in [-0.2, -0.15) is 0 Å². The maximum absolute atomic E-state index is 10.8. The Morgan fingerprint density at radius 1 is 1.25 bits per heavy atom. The second kappa shape index (κ2) is 8.89. The molecule has 1 aromatic carbocycles. The van der Waals surface area contributed by atoms with Gasteiger partial charge in [0.25, 0.3) is 0 Å². The summed E-state index contributed by atoms with van der Waals surface area (Å²) in [6.07, 6.45) is 3.90. The summed E-state index contributed by atoms with van der Waals surface area (Å²) in [6.45, 7) is 1.05. The van der Waals surface area contributed by atoms with Gasteiger partial charge < -0.3 is 14.9 Å². The minimum atomic E-state index is -1.03. The topological polar surface area (TPSA) is 87.1 Å². The number of halogens is 1. The quantitative estimate of drug-likeness (QED) is 0.745. The Morgan fingerprint density at radius 2 is 2.04 bits per heavy atom. The van der Waals surface area contributed by atoms with Crippen LogP contribution >= 0.6 is 11.6 Å². The Morgan fingerprint density at radius 3 is 2.75 bits per heavy atom. The Bertz CT molecular complexity index is 592. The molecule has 7 heteroatoms. The fraction of sp³-hybridized carbons (Fsp3) is 0.529. The molecule has 1 heterocycles. The molecule has 0 aromatic heterocycles. The molecule has 1 fully saturated rings. The van der Waals surface area contributed by atoms with E-state index in [1.54, 1.807) is 18.2 Å². The second-order valence-corrected chi connectivity index (χ2v) is 6.42. The van der Waals surface area contributed by atoms with E-state index in [1.165, 1.54) is 0 Å². The number of hydrogen-bond acceptors (Lipinski definition) is 4. The van der Waals surface area contributed by atoms with Crippen molar-refractivity contribution in [2.24, 2.45) is 0 Å². The van der Waals surface area contributed by atoms with Gasteiger partial charge in [0.15, 0.2) is 6.61 Å². The number of nitrogens with zero attached hydrogens (tertiary/aromatic N) is 1. The van der Waals surface area contributed by atoms with E-state index in [-0.39, 0.29) is 12.5 Å². The first-order chi connectivity index (χ1) is 11.5. The molecule has 0 saturated carbocycles. The summed E-state index contributed by atoms with van der Waals surface area (Å²) in [7, 11) is 0. The second-order valence-electron chi connectivity index (χ2n) is 5.99. The van der Waals surface area contributed by atoms with Crippen LogP contribution in [-0.4, -0.2) is 46.2 Å². The molecule has 6 nitrogen and oxygen atoms in total. The summed E-state index contributed by atoms with van der Waals surface area (Å²) >= 11 is 6.07. The van der Waals surface area contributed by atoms with E-state index >= 15 is 0 Å². The van der Waals surface area contributed by atoms with Gasteiger partial charge in [-0.05, 0) is 44.0 Å². The third-order valence-electron chi connectivity index (χ3n) is 4.19. The first-order valence-electron chi connectivity index (χ1n) is 8.04. The van der Waals surface area contributed by atoms with Gasteiger partial charge in [-0.25, -0.2) is 4.79 Å². The monoisotopic (exact) mass is 355 g/mol. The average Bonchev–Trinajstić information content (AvgIpc) is 2.53. The molecule has 1 atom stereocenters. The zero-order valence-electron chi connectivity index (χ0n) is 13.4. The third kappa shape index (κ3) is 5.69. The first kappa shape index (κ1) is 18.5. The molecule has 1 aliphatic rings. The molecule has 24 heavy (non-hydrogen) atoms. The number of likely N-dealkylation sites (tertiary alicyclic amines) is 1. The number of hydrogen-bond donors (Lipinski definition) is 2. The predicted octanol–water partition coefficient (Wildman–Crippen LogP) is 3.02. The molecule has 0 amide bonds. The van der Waals surface area contributed by atoms with Crippen LogP contribution in [0.4, 0.5) is 0 Å². The number of carbonyl (C=O) groups is 2. The number of carboxylic acid groups (broad SMARTS) is 2. The average molecular weight is 356 g/mol. The van der Waals surface area contributed by atoms with E-state index in [2.05, 4.69) is 4.90 Å². The highest BCUT2D eigenvalue weighted by molar-refractivity contribution is 6.30. The number of benzene rings is 1. The van der Waals surface area contributed by atoms with Crippen molar-refractivity contribution < 1.29 is 24.5 Å². The maximum atomic E-state index is 10.8. The van der Waals surface area contributed by atoms with Crippen LogP contribution in [0.1, 0.15) is 37.7 Å². The van der Waals surface area contributed by atoms with Crippen LogP contribution in [0.3, 0.4) is 0 Å². The molecule has 1 aromatic rings. The van der Waals surface area contributed by atoms with E-state index in [1.807, 2.05) is 0 Å². The summed E-state index contributed by atoms with van der Waals surface area (Å²) in [5.74, 6) is -1.31. The van der Waals surface area contributed by atoms with Crippen LogP contribution < -0.4 is 4.74 Å². The van der Waals surface area contributed by atoms with Gasteiger partial charge in [-0.15, -0.1) is 0 Å². The highest BCUT2D eigenvalue weighted by Crippen LogP contribution is 2.28. The molecule has 0 aliphatic carbocycles. The molecule has 0 radical (unpaired) electrons. The molecular formula is C17H22ClNO5. The minimum Gasteiger partial charge on any atom is -0.482 e. The number of carboxylic acids is 2. The summed E-state index contributed by atoms with van der Waals surface area (Å²) in [6, 6.07) is 5.33. The summed E-state index contributed by atoms with van der Waals surface area (Å²) in [5, 5.41) is 18.3. The number of rotatable bonds is 8. The molecule has 2 N–H and O–H groups in total. The van der Waals surface area contributed by atoms with Crippen molar-refractivity contribution >= 4 is 23.5 Å². The first-order valence-corrected chi connectivity index (χ1v) is 8.42. The normalized spacial score (nSPS) is 18.3. The van der Waals surface area contributed by atoms with Gasteiger partial charge in [-0.3, -0.25) is 9.69 Å². The molecule has 0 bridgehead atoms. The van der Waals surface area contributed by atoms with E-state index in [4.69, 9.17) is 26.6 Å². The van der Waals surface area contributed by atoms with Crippen LogP contribution in [-0.2, 0) is 16.1 Å². The van der Waals surface area contributed by atoms with E-state index in [0.29, 0.717) is 23.7 Å².